The molecule has 2 nitrogen and oxygen atoms in total. The Morgan fingerprint density at radius 1 is 1.44 bits per heavy atom. The van der Waals surface area contributed by atoms with Crippen molar-refractivity contribution in [2.45, 2.75) is 19.9 Å². The molecule has 0 radical (unpaired) electrons. The summed E-state index contributed by atoms with van der Waals surface area (Å²) >= 11 is 1.92. The molecule has 0 aromatic heterocycles. The molecule has 1 aliphatic heterocycles. The number of hydrogen-bond donors (Lipinski definition) is 1. The maximum atomic E-state index is 5.78. The minimum absolute atomic E-state index is 0.430. The lowest BCUT2D eigenvalue weighted by Gasteiger charge is -2.33. The second-order valence-electron chi connectivity index (χ2n) is 5.27. The minimum atomic E-state index is 0.430. The van der Waals surface area contributed by atoms with Crippen LogP contribution in [0.2, 0.25) is 0 Å². The van der Waals surface area contributed by atoms with Gasteiger partial charge in [-0.1, -0.05) is 32.0 Å². The van der Waals surface area contributed by atoms with Crippen molar-refractivity contribution >= 4 is 11.8 Å². The summed E-state index contributed by atoms with van der Waals surface area (Å²) in [5.41, 5.74) is 1.31. The Bertz CT molecular complexity index is 383. The molecule has 3 unspecified atom stereocenters. The van der Waals surface area contributed by atoms with Crippen LogP contribution in [0.15, 0.2) is 24.3 Å². The first-order valence-electron chi connectivity index (χ1n) is 6.66. The van der Waals surface area contributed by atoms with E-state index in [0.717, 1.165) is 18.9 Å². The molecule has 3 atom stereocenters. The minimum Gasteiger partial charge on any atom is -0.493 e. The number of para-hydroxylation sites is 1. The first-order chi connectivity index (χ1) is 8.72. The van der Waals surface area contributed by atoms with Crippen LogP contribution in [0.4, 0.5) is 0 Å². The number of benzene rings is 1. The van der Waals surface area contributed by atoms with Crippen molar-refractivity contribution in [1.82, 2.24) is 5.32 Å². The fourth-order valence-electron chi connectivity index (χ4n) is 2.48. The van der Waals surface area contributed by atoms with Crippen molar-refractivity contribution in [3.05, 3.63) is 29.8 Å². The highest BCUT2D eigenvalue weighted by Gasteiger charge is 2.27. The van der Waals surface area contributed by atoms with Gasteiger partial charge in [0.15, 0.2) is 0 Å². The fraction of sp³-hybridized carbons (Fsp3) is 0.600. The third kappa shape index (κ3) is 3.21. The van der Waals surface area contributed by atoms with Gasteiger partial charge in [0.05, 0.1) is 6.61 Å². The van der Waals surface area contributed by atoms with Gasteiger partial charge in [-0.25, -0.2) is 0 Å². The van der Waals surface area contributed by atoms with Gasteiger partial charge in [-0.15, -0.1) is 0 Å². The Balaban J connectivity index is 2.03. The van der Waals surface area contributed by atoms with Crippen molar-refractivity contribution in [2.75, 3.05) is 25.2 Å². The van der Waals surface area contributed by atoms with Gasteiger partial charge in [-0.05, 0) is 30.5 Å². The quantitative estimate of drug-likeness (QED) is 0.882. The summed E-state index contributed by atoms with van der Waals surface area (Å²) < 4.78 is 5.78. The molecule has 0 saturated carbocycles. The summed E-state index contributed by atoms with van der Waals surface area (Å²) in [5, 5.41) is 3.72. The molecule has 1 heterocycles. The van der Waals surface area contributed by atoms with Gasteiger partial charge in [0.25, 0.3) is 0 Å². The summed E-state index contributed by atoms with van der Waals surface area (Å²) in [6.07, 6.45) is 2.17. The van der Waals surface area contributed by atoms with Gasteiger partial charge in [0.2, 0.25) is 0 Å². The second-order valence-corrected chi connectivity index (χ2v) is 6.18. The highest BCUT2D eigenvalue weighted by atomic mass is 32.2. The molecule has 3 heteroatoms. The Morgan fingerprint density at radius 3 is 3.00 bits per heavy atom. The van der Waals surface area contributed by atoms with Crippen LogP contribution in [0, 0.1) is 11.8 Å². The van der Waals surface area contributed by atoms with Crippen molar-refractivity contribution in [1.29, 1.82) is 0 Å². The SMILES string of the molecule is CSCC(C)CNC1c2ccccc2OCC1C. The fourth-order valence-corrected chi connectivity index (χ4v) is 3.16. The summed E-state index contributed by atoms with van der Waals surface area (Å²) in [7, 11) is 0. The van der Waals surface area contributed by atoms with E-state index in [1.54, 1.807) is 0 Å². The first kappa shape index (κ1) is 13.8. The molecule has 18 heavy (non-hydrogen) atoms. The molecule has 0 saturated heterocycles. The summed E-state index contributed by atoms with van der Waals surface area (Å²) in [6, 6.07) is 8.82. The number of fused-ring (bicyclic) bond motifs is 1. The third-order valence-electron chi connectivity index (χ3n) is 3.46. The summed E-state index contributed by atoms with van der Waals surface area (Å²) in [4.78, 5) is 0. The van der Waals surface area contributed by atoms with Gasteiger partial charge in [0, 0.05) is 17.5 Å². The van der Waals surface area contributed by atoms with E-state index in [0.29, 0.717) is 17.9 Å². The Hall–Kier alpha value is -0.670. The normalized spacial score (nSPS) is 24.2. The van der Waals surface area contributed by atoms with Crippen molar-refractivity contribution in [3.8, 4) is 5.75 Å². The summed E-state index contributed by atoms with van der Waals surface area (Å²) in [6.45, 7) is 6.45. The lowest BCUT2D eigenvalue weighted by molar-refractivity contribution is 0.186. The van der Waals surface area contributed by atoms with Crippen molar-refractivity contribution < 1.29 is 4.74 Å². The molecule has 0 aliphatic carbocycles. The number of thioether (sulfide) groups is 1. The van der Waals surface area contributed by atoms with Crippen molar-refractivity contribution in [2.24, 2.45) is 11.8 Å². The molecular formula is C15H23NOS. The Kier molecular flexibility index (Phi) is 4.95. The number of hydrogen-bond acceptors (Lipinski definition) is 3. The number of rotatable bonds is 5. The Labute approximate surface area is 114 Å². The zero-order valence-electron chi connectivity index (χ0n) is 11.5. The van der Waals surface area contributed by atoms with Crippen LogP contribution in [0.5, 0.6) is 5.75 Å². The van der Waals surface area contributed by atoms with Gasteiger partial charge >= 0.3 is 0 Å². The third-order valence-corrected chi connectivity index (χ3v) is 4.36. The summed E-state index contributed by atoms with van der Waals surface area (Å²) in [5.74, 6) is 3.50. The molecule has 1 aromatic carbocycles. The maximum Gasteiger partial charge on any atom is 0.124 e. The molecular weight excluding hydrogens is 242 g/mol. The van der Waals surface area contributed by atoms with Crippen LogP contribution >= 0.6 is 11.8 Å². The molecule has 1 aliphatic rings. The smallest absolute Gasteiger partial charge is 0.124 e. The van der Waals surface area contributed by atoms with Gasteiger partial charge in [0.1, 0.15) is 5.75 Å². The number of nitrogens with one attached hydrogen (secondary N) is 1. The van der Waals surface area contributed by atoms with Gasteiger partial charge in [-0.2, -0.15) is 11.8 Å². The predicted octanol–water partition coefficient (Wildman–Crippen LogP) is 3.34. The standard InChI is InChI=1S/C15H23NOS/c1-11(10-18-3)8-16-15-12(2)9-17-14-7-5-4-6-13(14)15/h4-7,11-12,15-16H,8-10H2,1-3H3. The van der Waals surface area contributed by atoms with Crippen LogP contribution in [-0.4, -0.2) is 25.2 Å². The lowest BCUT2D eigenvalue weighted by atomic mass is 9.91. The zero-order valence-corrected chi connectivity index (χ0v) is 12.3. The first-order valence-corrected chi connectivity index (χ1v) is 8.05. The molecule has 1 aromatic rings. The molecule has 0 fully saturated rings. The molecule has 100 valence electrons. The monoisotopic (exact) mass is 265 g/mol. The average Bonchev–Trinajstić information content (AvgIpc) is 2.38. The average molecular weight is 265 g/mol. The van der Waals surface area contributed by atoms with E-state index in [4.69, 9.17) is 4.74 Å². The topological polar surface area (TPSA) is 21.3 Å². The van der Waals surface area contributed by atoms with E-state index in [2.05, 4.69) is 43.6 Å². The van der Waals surface area contributed by atoms with Crippen LogP contribution < -0.4 is 10.1 Å². The molecule has 2 rings (SSSR count). The molecule has 0 amide bonds. The van der Waals surface area contributed by atoms with Crippen LogP contribution in [-0.2, 0) is 0 Å². The maximum absolute atomic E-state index is 5.78. The van der Waals surface area contributed by atoms with E-state index in [-0.39, 0.29) is 0 Å². The van der Waals surface area contributed by atoms with Crippen LogP contribution in [0.25, 0.3) is 0 Å². The second kappa shape index (κ2) is 6.48. The van der Waals surface area contributed by atoms with Crippen LogP contribution in [0.1, 0.15) is 25.5 Å². The van der Waals surface area contributed by atoms with Crippen LogP contribution in [0.3, 0.4) is 0 Å². The van der Waals surface area contributed by atoms with Gasteiger partial charge in [-0.3, -0.25) is 0 Å². The van der Waals surface area contributed by atoms with E-state index in [1.165, 1.54) is 11.3 Å². The largest absolute Gasteiger partial charge is 0.493 e. The van der Waals surface area contributed by atoms with E-state index < -0.39 is 0 Å². The van der Waals surface area contributed by atoms with E-state index >= 15 is 0 Å². The zero-order chi connectivity index (χ0) is 13.0. The number of ether oxygens (including phenoxy) is 1. The highest BCUT2D eigenvalue weighted by molar-refractivity contribution is 7.98. The molecule has 0 bridgehead atoms. The predicted molar refractivity (Wildman–Crippen MR) is 79.4 cm³/mol. The highest BCUT2D eigenvalue weighted by Crippen LogP contribution is 2.34. The molecule has 1 N–H and O–H groups in total. The van der Waals surface area contributed by atoms with E-state index in [9.17, 15) is 0 Å². The Morgan fingerprint density at radius 2 is 2.22 bits per heavy atom. The molecule has 0 spiro atoms. The van der Waals surface area contributed by atoms with Gasteiger partial charge < -0.3 is 10.1 Å². The van der Waals surface area contributed by atoms with E-state index in [1.807, 2.05) is 17.8 Å². The lowest BCUT2D eigenvalue weighted by Crippen LogP contribution is -2.36. The van der Waals surface area contributed by atoms with Crippen molar-refractivity contribution in [3.63, 3.8) is 0 Å².